The van der Waals surface area contributed by atoms with E-state index >= 15 is 0 Å². The highest BCUT2D eigenvalue weighted by Gasteiger charge is 2.38. The molecule has 0 saturated carbocycles. The summed E-state index contributed by atoms with van der Waals surface area (Å²) >= 11 is 3.44. The molecule has 3 aromatic rings. The van der Waals surface area contributed by atoms with Crippen LogP contribution in [0.2, 0.25) is 0 Å². The summed E-state index contributed by atoms with van der Waals surface area (Å²) < 4.78 is 2.24. The molecule has 2 atom stereocenters. The highest BCUT2D eigenvalue weighted by Crippen LogP contribution is 2.27. The maximum absolute atomic E-state index is 13.1. The highest BCUT2D eigenvalue weighted by molar-refractivity contribution is 9.10. The Morgan fingerprint density at radius 1 is 1.12 bits per heavy atom. The van der Waals surface area contributed by atoms with E-state index in [-0.39, 0.29) is 18.4 Å². The number of ketones is 1. The molecule has 5 N–H and O–H groups in total. The average molecular weight is 498 g/mol. The van der Waals surface area contributed by atoms with E-state index in [2.05, 4.69) is 21.2 Å². The van der Waals surface area contributed by atoms with Gasteiger partial charge in [-0.05, 0) is 36.6 Å². The molecule has 0 spiro atoms. The molecule has 166 valence electrons. The number of benzene rings is 2. The van der Waals surface area contributed by atoms with Crippen LogP contribution >= 0.6 is 15.9 Å². The second kappa shape index (κ2) is 9.13. The van der Waals surface area contributed by atoms with Gasteiger partial charge in [0.05, 0.1) is 17.2 Å². The van der Waals surface area contributed by atoms with Gasteiger partial charge in [0.1, 0.15) is 0 Å². The van der Waals surface area contributed by atoms with Crippen LogP contribution in [0.3, 0.4) is 0 Å². The lowest BCUT2D eigenvalue weighted by molar-refractivity contribution is -0.122. The Morgan fingerprint density at radius 2 is 1.91 bits per heavy atom. The number of primary amides is 1. The Balaban J connectivity index is 1.49. The van der Waals surface area contributed by atoms with Crippen LogP contribution < -0.4 is 16.8 Å². The summed E-state index contributed by atoms with van der Waals surface area (Å²) in [5.74, 6) is -0.0207. The summed E-state index contributed by atoms with van der Waals surface area (Å²) in [6, 6.07) is 13.0. The van der Waals surface area contributed by atoms with E-state index in [0.717, 1.165) is 10.0 Å². The number of anilines is 1. The van der Waals surface area contributed by atoms with Crippen LogP contribution in [0.5, 0.6) is 0 Å². The van der Waals surface area contributed by atoms with E-state index in [1.165, 1.54) is 15.7 Å². The molecule has 1 fully saturated rings. The number of carbonyl (C=O) groups excluding carboxylic acids is 3. The molecule has 32 heavy (non-hydrogen) atoms. The predicted octanol–water partition coefficient (Wildman–Crippen LogP) is 3.47. The molecule has 3 amide bonds. The van der Waals surface area contributed by atoms with E-state index in [1.807, 2.05) is 30.3 Å². The van der Waals surface area contributed by atoms with Crippen molar-refractivity contribution in [2.75, 3.05) is 11.9 Å². The Labute approximate surface area is 193 Å². The van der Waals surface area contributed by atoms with Crippen molar-refractivity contribution in [3.63, 3.8) is 0 Å². The number of hydrogen-bond acceptors (Lipinski definition) is 4. The minimum absolute atomic E-state index is 0.0207. The minimum Gasteiger partial charge on any atom is -0.351 e. The first-order valence-corrected chi connectivity index (χ1v) is 11.1. The Hall–Kier alpha value is -3.17. The number of urea groups is 1. The van der Waals surface area contributed by atoms with Crippen LogP contribution in [0.4, 0.5) is 15.3 Å². The molecule has 0 aliphatic carbocycles. The summed E-state index contributed by atoms with van der Waals surface area (Å²) in [6.45, 7) is 0.285. The number of para-hydroxylation sites is 1. The van der Waals surface area contributed by atoms with Crippen LogP contribution in [0.25, 0.3) is 10.9 Å². The van der Waals surface area contributed by atoms with Gasteiger partial charge in [-0.25, -0.2) is 9.59 Å². The van der Waals surface area contributed by atoms with E-state index in [0.29, 0.717) is 35.9 Å². The number of fused-ring (bicyclic) bond motifs is 1. The smallest absolute Gasteiger partial charge is 0.323 e. The van der Waals surface area contributed by atoms with Gasteiger partial charge >= 0.3 is 12.1 Å². The molecule has 1 saturated heterocycles. The van der Waals surface area contributed by atoms with Crippen LogP contribution in [0.1, 0.15) is 18.4 Å². The van der Waals surface area contributed by atoms with Gasteiger partial charge in [-0.1, -0.05) is 46.3 Å². The maximum atomic E-state index is 13.1. The van der Waals surface area contributed by atoms with E-state index in [1.54, 1.807) is 18.2 Å². The first kappa shape index (κ1) is 22.0. The predicted molar refractivity (Wildman–Crippen MR) is 126 cm³/mol. The summed E-state index contributed by atoms with van der Waals surface area (Å²) in [7, 11) is 0. The maximum Gasteiger partial charge on any atom is 0.323 e. The fraction of sp³-hybridized carbons (Fsp3) is 0.261. The van der Waals surface area contributed by atoms with Crippen LogP contribution in [0, 0.1) is 0 Å². The Kier molecular flexibility index (Phi) is 6.29. The van der Waals surface area contributed by atoms with E-state index < -0.39 is 18.1 Å². The topological polar surface area (TPSA) is 123 Å². The number of Topliss-reactive ketones (excluding diaryl/α,β-unsaturated/α-hetero) is 1. The average Bonchev–Trinajstić information content (AvgIpc) is 3.33. The lowest BCUT2D eigenvalue weighted by Crippen LogP contribution is -2.43. The number of rotatable bonds is 5. The standard InChI is InChI=1S/C23H24BrN5O3/c24-15-5-3-4-14(10-15)8-9-21(30)20-11-16(25)12-29(20)23(32)27-18-13-28(22(26)31)19-7-2-1-6-17(18)19/h1-7,10,13,16,20H,8-9,11-12,25H2,(H2,26,31)(H,27,32)/t16-,20-/m0/s1. The van der Waals surface area contributed by atoms with Crippen LogP contribution in [-0.2, 0) is 11.2 Å². The van der Waals surface area contributed by atoms with Crippen molar-refractivity contribution in [2.24, 2.45) is 11.5 Å². The van der Waals surface area contributed by atoms with Crippen molar-refractivity contribution in [1.29, 1.82) is 0 Å². The number of nitrogens with one attached hydrogen (secondary N) is 1. The quantitative estimate of drug-likeness (QED) is 0.499. The third kappa shape index (κ3) is 4.53. The number of aromatic nitrogens is 1. The minimum atomic E-state index is -0.648. The monoisotopic (exact) mass is 497 g/mol. The second-order valence-electron chi connectivity index (χ2n) is 7.96. The lowest BCUT2D eigenvalue weighted by Gasteiger charge is -2.23. The number of carbonyl (C=O) groups is 3. The van der Waals surface area contributed by atoms with Crippen LogP contribution in [-0.4, -0.2) is 45.9 Å². The van der Waals surface area contributed by atoms with Gasteiger partial charge < -0.3 is 21.7 Å². The molecule has 8 nitrogen and oxygen atoms in total. The molecule has 9 heteroatoms. The van der Waals surface area contributed by atoms with E-state index in [9.17, 15) is 14.4 Å². The number of nitrogens with zero attached hydrogens (tertiary/aromatic N) is 2. The fourth-order valence-corrected chi connectivity index (χ4v) is 4.62. The first-order chi connectivity index (χ1) is 15.3. The molecular formula is C23H24BrN5O3. The van der Waals surface area contributed by atoms with Crippen molar-refractivity contribution in [1.82, 2.24) is 9.47 Å². The second-order valence-corrected chi connectivity index (χ2v) is 8.87. The number of amides is 3. The van der Waals surface area contributed by atoms with Gasteiger partial charge in [-0.3, -0.25) is 9.36 Å². The fourth-order valence-electron chi connectivity index (χ4n) is 4.17. The zero-order valence-corrected chi connectivity index (χ0v) is 18.9. The molecule has 0 bridgehead atoms. The van der Waals surface area contributed by atoms with Gasteiger partial charge in [0.15, 0.2) is 5.78 Å². The van der Waals surface area contributed by atoms with Crippen molar-refractivity contribution < 1.29 is 14.4 Å². The molecule has 1 aliphatic heterocycles. The SMILES string of the molecule is NC(=O)n1cc(NC(=O)N2C[C@@H](N)C[C@H]2C(=O)CCc2cccc(Br)c2)c2ccccc21. The van der Waals surface area contributed by atoms with Gasteiger partial charge in [0.2, 0.25) is 0 Å². The number of hydrogen-bond donors (Lipinski definition) is 3. The molecule has 2 aromatic carbocycles. The van der Waals surface area contributed by atoms with Crippen molar-refractivity contribution >= 4 is 50.4 Å². The summed E-state index contributed by atoms with van der Waals surface area (Å²) in [4.78, 5) is 39.3. The summed E-state index contributed by atoms with van der Waals surface area (Å²) in [5, 5.41) is 3.51. The molecular weight excluding hydrogens is 474 g/mol. The number of nitrogens with two attached hydrogens (primary N) is 2. The van der Waals surface area contributed by atoms with Gasteiger partial charge in [0, 0.05) is 35.1 Å². The largest absolute Gasteiger partial charge is 0.351 e. The summed E-state index contributed by atoms with van der Waals surface area (Å²) in [5.41, 5.74) is 13.6. The Morgan fingerprint density at radius 3 is 2.66 bits per heavy atom. The molecule has 0 unspecified atom stereocenters. The van der Waals surface area contributed by atoms with Crippen molar-refractivity contribution in [3.8, 4) is 0 Å². The Bertz CT molecular complexity index is 1190. The van der Waals surface area contributed by atoms with Crippen LogP contribution in [0.15, 0.2) is 59.2 Å². The third-order valence-electron chi connectivity index (χ3n) is 5.71. The number of likely N-dealkylation sites (tertiary alicyclic amines) is 1. The molecule has 4 rings (SSSR count). The molecule has 2 heterocycles. The number of halogens is 1. The zero-order valence-electron chi connectivity index (χ0n) is 17.3. The van der Waals surface area contributed by atoms with E-state index in [4.69, 9.17) is 11.5 Å². The third-order valence-corrected chi connectivity index (χ3v) is 6.20. The highest BCUT2D eigenvalue weighted by atomic mass is 79.9. The number of aryl methyl sites for hydroxylation is 1. The van der Waals surface area contributed by atoms with Crippen molar-refractivity contribution in [2.45, 2.75) is 31.3 Å². The normalized spacial score (nSPS) is 18.1. The van der Waals surface area contributed by atoms with Crippen molar-refractivity contribution in [3.05, 3.63) is 64.8 Å². The van der Waals surface area contributed by atoms with Gasteiger partial charge in [-0.15, -0.1) is 0 Å². The molecule has 1 aromatic heterocycles. The van der Waals surface area contributed by atoms with Gasteiger partial charge in [0.25, 0.3) is 0 Å². The zero-order chi connectivity index (χ0) is 22.8. The lowest BCUT2D eigenvalue weighted by atomic mass is 10.0. The summed E-state index contributed by atoms with van der Waals surface area (Å²) in [6.07, 6.45) is 2.82. The molecule has 1 aliphatic rings. The first-order valence-electron chi connectivity index (χ1n) is 10.3. The van der Waals surface area contributed by atoms with Gasteiger partial charge in [-0.2, -0.15) is 0 Å². The molecule has 0 radical (unpaired) electrons.